The fourth-order valence-corrected chi connectivity index (χ4v) is 4.15. The molecule has 29 heavy (non-hydrogen) atoms. The highest BCUT2D eigenvalue weighted by Gasteiger charge is 2.22. The number of benzene rings is 2. The molecule has 1 unspecified atom stereocenters. The second-order valence-electron chi connectivity index (χ2n) is 6.42. The molecule has 2 aromatic carbocycles. The van der Waals surface area contributed by atoms with Crippen molar-refractivity contribution in [3.63, 3.8) is 0 Å². The molecule has 152 valence electrons. The highest BCUT2D eigenvalue weighted by molar-refractivity contribution is 8.00. The van der Waals surface area contributed by atoms with Crippen LogP contribution in [0.25, 0.3) is 11.4 Å². The molecule has 0 aliphatic rings. The van der Waals surface area contributed by atoms with Crippen molar-refractivity contribution in [3.05, 3.63) is 64.1 Å². The van der Waals surface area contributed by atoms with Crippen molar-refractivity contribution >= 4 is 40.7 Å². The summed E-state index contributed by atoms with van der Waals surface area (Å²) in [7, 11) is 1.67. The van der Waals surface area contributed by atoms with E-state index in [1.807, 2.05) is 35.8 Å². The molecule has 0 radical (unpaired) electrons. The molecule has 0 bridgehead atoms. The van der Waals surface area contributed by atoms with Crippen LogP contribution in [-0.4, -0.2) is 39.5 Å². The Bertz CT molecular complexity index is 976. The Morgan fingerprint density at radius 3 is 2.55 bits per heavy atom. The maximum absolute atomic E-state index is 12.8. The largest absolute Gasteiger partial charge is 0.385 e. The van der Waals surface area contributed by atoms with Crippen LogP contribution in [0.4, 0.5) is 0 Å². The summed E-state index contributed by atoms with van der Waals surface area (Å²) in [5.41, 5.74) is 1.42. The fraction of sp³-hybridized carbons (Fsp3) is 0.286. The van der Waals surface area contributed by atoms with Crippen molar-refractivity contribution in [3.8, 4) is 11.4 Å². The number of aromatic nitrogens is 3. The number of halogens is 2. The molecular weight excluding hydrogens is 429 g/mol. The number of hydrogen-bond donors (Lipinski definition) is 0. The molecule has 0 N–H and O–H groups in total. The van der Waals surface area contributed by atoms with Crippen molar-refractivity contribution in [2.45, 2.75) is 30.3 Å². The van der Waals surface area contributed by atoms with Crippen LogP contribution in [0.2, 0.25) is 10.0 Å². The van der Waals surface area contributed by atoms with E-state index in [0.717, 1.165) is 12.0 Å². The zero-order valence-electron chi connectivity index (χ0n) is 16.1. The number of carbonyl (C=O) groups excluding carboxylic acids is 1. The predicted octanol–water partition coefficient (Wildman–Crippen LogP) is 5.65. The number of thioether (sulfide) groups is 1. The molecule has 0 amide bonds. The highest BCUT2D eigenvalue weighted by atomic mass is 35.5. The lowest BCUT2D eigenvalue weighted by Crippen LogP contribution is -2.15. The summed E-state index contributed by atoms with van der Waals surface area (Å²) in [5, 5.41) is 10.3. The van der Waals surface area contributed by atoms with Gasteiger partial charge in [0.1, 0.15) is 0 Å². The minimum absolute atomic E-state index is 0.0115. The minimum atomic E-state index is -0.333. The molecule has 3 aromatic rings. The SMILES string of the molecule is COCCCn1c(SC(C)C(=O)c2ccc(Cl)cc2)nnc1-c1ccccc1Cl. The maximum Gasteiger partial charge on any atom is 0.192 e. The third-order valence-corrected chi connectivity index (χ3v) is 6.00. The van der Waals surface area contributed by atoms with Gasteiger partial charge in [-0.1, -0.05) is 47.1 Å². The monoisotopic (exact) mass is 449 g/mol. The Morgan fingerprint density at radius 1 is 1.14 bits per heavy atom. The third kappa shape index (κ3) is 5.39. The van der Waals surface area contributed by atoms with E-state index in [1.54, 1.807) is 31.4 Å². The van der Waals surface area contributed by atoms with Crippen molar-refractivity contribution in [2.75, 3.05) is 13.7 Å². The molecular formula is C21H21Cl2N3O2S. The van der Waals surface area contributed by atoms with Gasteiger partial charge in [-0.05, 0) is 49.7 Å². The lowest BCUT2D eigenvalue weighted by molar-refractivity contribution is 0.0994. The van der Waals surface area contributed by atoms with Crippen LogP contribution < -0.4 is 0 Å². The van der Waals surface area contributed by atoms with Gasteiger partial charge >= 0.3 is 0 Å². The second kappa shape index (κ2) is 10.3. The van der Waals surface area contributed by atoms with Gasteiger partial charge in [-0.2, -0.15) is 0 Å². The summed E-state index contributed by atoms with van der Waals surface area (Å²) in [6.07, 6.45) is 0.791. The first kappa shape index (κ1) is 21.8. The molecule has 0 saturated heterocycles. The number of rotatable bonds is 9. The summed E-state index contributed by atoms with van der Waals surface area (Å²) in [4.78, 5) is 12.8. The van der Waals surface area contributed by atoms with Gasteiger partial charge in [0.2, 0.25) is 0 Å². The van der Waals surface area contributed by atoms with Gasteiger partial charge in [0.15, 0.2) is 16.8 Å². The average Bonchev–Trinajstić information content (AvgIpc) is 3.11. The van der Waals surface area contributed by atoms with E-state index < -0.39 is 0 Å². The smallest absolute Gasteiger partial charge is 0.192 e. The summed E-state index contributed by atoms with van der Waals surface area (Å²) in [6.45, 7) is 3.14. The molecule has 0 aliphatic carbocycles. The first-order chi connectivity index (χ1) is 14.0. The van der Waals surface area contributed by atoms with Crippen molar-refractivity contribution in [2.24, 2.45) is 0 Å². The molecule has 1 atom stereocenters. The highest BCUT2D eigenvalue weighted by Crippen LogP contribution is 2.31. The molecule has 8 heteroatoms. The number of Topliss-reactive ketones (excluding diaryl/α,β-unsaturated/α-hetero) is 1. The number of ether oxygens (including phenoxy) is 1. The van der Waals surface area contributed by atoms with Crippen LogP contribution in [0, 0.1) is 0 Å². The normalized spacial score (nSPS) is 12.1. The average molecular weight is 450 g/mol. The Hall–Kier alpha value is -1.86. The third-order valence-electron chi connectivity index (χ3n) is 4.34. The van der Waals surface area contributed by atoms with E-state index in [0.29, 0.717) is 39.7 Å². The summed E-state index contributed by atoms with van der Waals surface area (Å²) >= 11 is 13.7. The lowest BCUT2D eigenvalue weighted by Gasteiger charge is -2.13. The first-order valence-electron chi connectivity index (χ1n) is 9.14. The van der Waals surface area contributed by atoms with Crippen molar-refractivity contribution in [1.82, 2.24) is 14.8 Å². The number of methoxy groups -OCH3 is 1. The Labute approximate surface area is 184 Å². The van der Waals surface area contributed by atoms with E-state index in [1.165, 1.54) is 11.8 Å². The van der Waals surface area contributed by atoms with Crippen LogP contribution in [0.5, 0.6) is 0 Å². The van der Waals surface area contributed by atoms with E-state index >= 15 is 0 Å². The molecule has 5 nitrogen and oxygen atoms in total. The van der Waals surface area contributed by atoms with Gasteiger partial charge in [-0.25, -0.2) is 0 Å². The zero-order chi connectivity index (χ0) is 20.8. The summed E-state index contributed by atoms with van der Waals surface area (Å²) in [5.74, 6) is 0.692. The number of carbonyl (C=O) groups is 1. The molecule has 3 rings (SSSR count). The van der Waals surface area contributed by atoms with E-state index in [2.05, 4.69) is 10.2 Å². The van der Waals surface area contributed by atoms with Crippen LogP contribution in [-0.2, 0) is 11.3 Å². The number of hydrogen-bond acceptors (Lipinski definition) is 5. The quantitative estimate of drug-likeness (QED) is 0.240. The second-order valence-corrected chi connectivity index (χ2v) is 8.57. The molecule has 0 aliphatic heterocycles. The standard InChI is InChI=1S/C21H21Cl2N3O2S/c1-14(19(27)15-8-10-16(22)11-9-15)29-21-25-24-20(26(21)12-5-13-28-2)17-6-3-4-7-18(17)23/h3-4,6-11,14H,5,12-13H2,1-2H3. The van der Waals surface area contributed by atoms with Gasteiger partial charge in [-0.15, -0.1) is 10.2 Å². The molecule has 0 saturated carbocycles. The Morgan fingerprint density at radius 2 is 1.86 bits per heavy atom. The van der Waals surface area contributed by atoms with Gasteiger partial charge in [0.25, 0.3) is 0 Å². The molecule has 0 fully saturated rings. The Balaban J connectivity index is 1.87. The molecule has 1 heterocycles. The minimum Gasteiger partial charge on any atom is -0.385 e. The van der Waals surface area contributed by atoms with E-state index in [4.69, 9.17) is 27.9 Å². The van der Waals surface area contributed by atoms with Crippen LogP contribution in [0.3, 0.4) is 0 Å². The van der Waals surface area contributed by atoms with Gasteiger partial charge in [-0.3, -0.25) is 4.79 Å². The van der Waals surface area contributed by atoms with Crippen LogP contribution in [0.15, 0.2) is 53.7 Å². The number of nitrogens with zero attached hydrogens (tertiary/aromatic N) is 3. The summed E-state index contributed by atoms with van der Waals surface area (Å²) < 4.78 is 7.18. The molecule has 0 spiro atoms. The summed E-state index contributed by atoms with van der Waals surface area (Å²) in [6, 6.07) is 14.4. The van der Waals surface area contributed by atoms with Crippen molar-refractivity contribution in [1.29, 1.82) is 0 Å². The van der Waals surface area contributed by atoms with Crippen molar-refractivity contribution < 1.29 is 9.53 Å². The van der Waals surface area contributed by atoms with Crippen LogP contribution >= 0.6 is 35.0 Å². The van der Waals surface area contributed by atoms with Gasteiger partial charge in [0, 0.05) is 36.4 Å². The maximum atomic E-state index is 12.8. The fourth-order valence-electron chi connectivity index (χ4n) is 2.85. The van der Waals surface area contributed by atoms with E-state index in [-0.39, 0.29) is 11.0 Å². The topological polar surface area (TPSA) is 57.0 Å². The van der Waals surface area contributed by atoms with Gasteiger partial charge < -0.3 is 9.30 Å². The Kier molecular flexibility index (Phi) is 7.72. The lowest BCUT2D eigenvalue weighted by atomic mass is 10.1. The van der Waals surface area contributed by atoms with E-state index in [9.17, 15) is 4.79 Å². The number of ketones is 1. The molecule has 1 aromatic heterocycles. The first-order valence-corrected chi connectivity index (χ1v) is 10.8. The van der Waals surface area contributed by atoms with Crippen LogP contribution in [0.1, 0.15) is 23.7 Å². The predicted molar refractivity (Wildman–Crippen MR) is 118 cm³/mol. The van der Waals surface area contributed by atoms with Gasteiger partial charge in [0.05, 0.1) is 10.3 Å². The zero-order valence-corrected chi connectivity index (χ0v) is 18.5.